The Labute approximate surface area is 239 Å². The molecule has 0 radical (unpaired) electrons. The molecule has 3 heterocycles. The molecule has 1 aliphatic rings. The van der Waals surface area contributed by atoms with Gasteiger partial charge < -0.3 is 24.7 Å². The standard InChI is InChI=1S/C31H36N6O4/c1-31(2,3)41-30(39)37-18-16-36(17-19-37)15-14-33-27-25-24(21-8-6-5-7-9-21)26(40-29(25)35-20-34-27)22-10-12-23(13-11-22)28(38)32-4/h5-13,20H,14-19H2,1-4H3,(H,32,38)(H,33,34,35). The summed E-state index contributed by atoms with van der Waals surface area (Å²) in [6, 6.07) is 17.3. The summed E-state index contributed by atoms with van der Waals surface area (Å²) < 4.78 is 11.8. The van der Waals surface area contributed by atoms with Crippen molar-refractivity contribution in [3.63, 3.8) is 0 Å². The highest BCUT2D eigenvalue weighted by atomic mass is 16.6. The molecule has 0 aliphatic carbocycles. The normalized spacial score (nSPS) is 14.2. The molecule has 0 unspecified atom stereocenters. The van der Waals surface area contributed by atoms with Crippen LogP contribution in [0, 0.1) is 0 Å². The number of fused-ring (bicyclic) bond motifs is 1. The topological polar surface area (TPSA) is 113 Å². The molecule has 1 aliphatic heterocycles. The van der Waals surface area contributed by atoms with Gasteiger partial charge in [0.25, 0.3) is 5.91 Å². The molecule has 5 rings (SSSR count). The Hall–Kier alpha value is -4.44. The molecule has 2 amide bonds. The van der Waals surface area contributed by atoms with Crippen LogP contribution in [-0.4, -0.2) is 83.7 Å². The number of furan rings is 1. The van der Waals surface area contributed by atoms with Gasteiger partial charge in [0, 0.05) is 63.0 Å². The molecule has 10 heteroatoms. The van der Waals surface area contributed by atoms with Gasteiger partial charge in [0.15, 0.2) is 0 Å². The molecule has 10 nitrogen and oxygen atoms in total. The number of hydrogen-bond acceptors (Lipinski definition) is 8. The van der Waals surface area contributed by atoms with Crippen LogP contribution < -0.4 is 10.6 Å². The lowest BCUT2D eigenvalue weighted by Crippen LogP contribution is -2.50. The number of rotatable bonds is 7. The molecular formula is C31H36N6O4. The highest BCUT2D eigenvalue weighted by Gasteiger charge is 2.26. The van der Waals surface area contributed by atoms with E-state index in [1.807, 2.05) is 63.2 Å². The first-order valence-electron chi connectivity index (χ1n) is 13.8. The smallest absolute Gasteiger partial charge is 0.410 e. The summed E-state index contributed by atoms with van der Waals surface area (Å²) in [4.78, 5) is 37.6. The van der Waals surface area contributed by atoms with Gasteiger partial charge in [-0.3, -0.25) is 9.69 Å². The Balaban J connectivity index is 1.35. The first-order valence-corrected chi connectivity index (χ1v) is 13.8. The summed E-state index contributed by atoms with van der Waals surface area (Å²) in [6.07, 6.45) is 1.24. The third-order valence-corrected chi connectivity index (χ3v) is 6.93. The lowest BCUT2D eigenvalue weighted by Gasteiger charge is -2.35. The van der Waals surface area contributed by atoms with E-state index in [1.54, 1.807) is 24.1 Å². The molecule has 0 spiro atoms. The van der Waals surface area contributed by atoms with Crippen LogP contribution in [0.4, 0.5) is 10.6 Å². The molecule has 1 saturated heterocycles. The number of piperazine rings is 1. The van der Waals surface area contributed by atoms with Crippen LogP contribution in [-0.2, 0) is 4.74 Å². The van der Waals surface area contributed by atoms with Gasteiger partial charge >= 0.3 is 6.09 Å². The lowest BCUT2D eigenvalue weighted by molar-refractivity contribution is 0.0148. The van der Waals surface area contributed by atoms with Crippen LogP contribution >= 0.6 is 0 Å². The number of nitrogens with one attached hydrogen (secondary N) is 2. The van der Waals surface area contributed by atoms with Crippen LogP contribution in [0.25, 0.3) is 33.6 Å². The SMILES string of the molecule is CNC(=O)c1ccc(-c2oc3ncnc(NCCN4CCN(C(=O)OC(C)(C)C)CC4)c3c2-c2ccccc2)cc1. The van der Waals surface area contributed by atoms with Crippen molar-refractivity contribution in [2.45, 2.75) is 26.4 Å². The molecular weight excluding hydrogens is 520 g/mol. The Morgan fingerprint density at radius 1 is 0.951 bits per heavy atom. The van der Waals surface area contributed by atoms with Crippen LogP contribution in [0.3, 0.4) is 0 Å². The second-order valence-corrected chi connectivity index (χ2v) is 11.0. The minimum absolute atomic E-state index is 0.145. The molecule has 41 heavy (non-hydrogen) atoms. The number of hydrogen-bond donors (Lipinski definition) is 2. The van der Waals surface area contributed by atoms with Gasteiger partial charge in [0.05, 0.1) is 5.39 Å². The van der Waals surface area contributed by atoms with E-state index in [4.69, 9.17) is 9.15 Å². The number of carbonyl (C=O) groups excluding carboxylic acids is 2. The highest BCUT2D eigenvalue weighted by Crippen LogP contribution is 2.42. The first kappa shape index (κ1) is 28.1. The predicted molar refractivity (Wildman–Crippen MR) is 159 cm³/mol. The average Bonchev–Trinajstić information content (AvgIpc) is 3.37. The van der Waals surface area contributed by atoms with Crippen LogP contribution in [0.2, 0.25) is 0 Å². The minimum Gasteiger partial charge on any atom is -0.444 e. The maximum absolute atomic E-state index is 12.4. The zero-order valence-corrected chi connectivity index (χ0v) is 23.9. The molecule has 4 aromatic rings. The van der Waals surface area contributed by atoms with Crippen molar-refractivity contribution in [3.8, 4) is 22.5 Å². The Kier molecular flexibility index (Phi) is 8.21. The van der Waals surface area contributed by atoms with Crippen molar-refractivity contribution in [2.24, 2.45) is 0 Å². The summed E-state index contributed by atoms with van der Waals surface area (Å²) in [7, 11) is 1.61. The molecule has 1 fully saturated rings. The van der Waals surface area contributed by atoms with E-state index >= 15 is 0 Å². The molecule has 2 aromatic carbocycles. The second-order valence-electron chi connectivity index (χ2n) is 11.0. The third-order valence-electron chi connectivity index (χ3n) is 6.93. The van der Waals surface area contributed by atoms with Crippen molar-refractivity contribution >= 4 is 28.9 Å². The lowest BCUT2D eigenvalue weighted by atomic mass is 9.98. The highest BCUT2D eigenvalue weighted by molar-refractivity contribution is 6.06. The third kappa shape index (κ3) is 6.49. The van der Waals surface area contributed by atoms with Crippen molar-refractivity contribution < 1.29 is 18.7 Å². The summed E-state index contributed by atoms with van der Waals surface area (Å²) in [5.74, 6) is 1.21. The number of anilines is 1. The largest absolute Gasteiger partial charge is 0.444 e. The van der Waals surface area contributed by atoms with E-state index < -0.39 is 5.60 Å². The van der Waals surface area contributed by atoms with Gasteiger partial charge in [-0.25, -0.2) is 14.8 Å². The van der Waals surface area contributed by atoms with Gasteiger partial charge in [-0.15, -0.1) is 0 Å². The molecule has 0 bridgehead atoms. The minimum atomic E-state index is -0.498. The van der Waals surface area contributed by atoms with E-state index in [2.05, 4.69) is 25.5 Å². The van der Waals surface area contributed by atoms with E-state index in [9.17, 15) is 9.59 Å². The van der Waals surface area contributed by atoms with Crippen molar-refractivity contribution in [1.29, 1.82) is 0 Å². The molecule has 214 valence electrons. The van der Waals surface area contributed by atoms with Crippen LogP contribution in [0.15, 0.2) is 65.3 Å². The van der Waals surface area contributed by atoms with Gasteiger partial charge in [-0.1, -0.05) is 42.5 Å². The number of carbonyl (C=O) groups is 2. The maximum Gasteiger partial charge on any atom is 0.410 e. The fourth-order valence-electron chi connectivity index (χ4n) is 4.88. The molecule has 2 aromatic heterocycles. The first-order chi connectivity index (χ1) is 19.7. The molecule has 0 atom stereocenters. The van der Waals surface area contributed by atoms with Crippen LogP contribution in [0.1, 0.15) is 31.1 Å². The summed E-state index contributed by atoms with van der Waals surface area (Å²) in [6.45, 7) is 9.91. The summed E-state index contributed by atoms with van der Waals surface area (Å²) in [5, 5.41) is 6.95. The van der Waals surface area contributed by atoms with Crippen molar-refractivity contribution in [3.05, 3.63) is 66.5 Å². The zero-order chi connectivity index (χ0) is 29.0. The summed E-state index contributed by atoms with van der Waals surface area (Å²) in [5.41, 5.74) is 3.26. The average molecular weight is 557 g/mol. The molecule has 2 N–H and O–H groups in total. The Morgan fingerprint density at radius 2 is 1.66 bits per heavy atom. The van der Waals surface area contributed by atoms with E-state index in [1.165, 1.54) is 6.33 Å². The van der Waals surface area contributed by atoms with Crippen LogP contribution in [0.5, 0.6) is 0 Å². The van der Waals surface area contributed by atoms with E-state index in [0.29, 0.717) is 42.5 Å². The van der Waals surface area contributed by atoms with Gasteiger partial charge in [0.2, 0.25) is 5.71 Å². The number of amides is 2. The number of aromatic nitrogens is 2. The van der Waals surface area contributed by atoms with E-state index in [-0.39, 0.29) is 12.0 Å². The van der Waals surface area contributed by atoms with Crippen molar-refractivity contribution in [2.75, 3.05) is 51.6 Å². The second kappa shape index (κ2) is 12.0. The Bertz CT molecular complexity index is 1500. The van der Waals surface area contributed by atoms with E-state index in [0.717, 1.165) is 41.7 Å². The number of benzene rings is 2. The van der Waals surface area contributed by atoms with Crippen molar-refractivity contribution in [1.82, 2.24) is 25.1 Å². The van der Waals surface area contributed by atoms with Gasteiger partial charge in [0.1, 0.15) is 23.5 Å². The summed E-state index contributed by atoms with van der Waals surface area (Å²) >= 11 is 0. The number of ether oxygens (including phenoxy) is 1. The quantitative estimate of drug-likeness (QED) is 0.331. The van der Waals surface area contributed by atoms with Gasteiger partial charge in [-0.05, 0) is 38.5 Å². The van der Waals surface area contributed by atoms with Gasteiger partial charge in [-0.2, -0.15) is 0 Å². The number of nitrogens with zero attached hydrogens (tertiary/aromatic N) is 4. The maximum atomic E-state index is 12.4. The molecule has 0 saturated carbocycles. The fourth-order valence-corrected chi connectivity index (χ4v) is 4.88. The fraction of sp³-hybridized carbons (Fsp3) is 0.355. The monoisotopic (exact) mass is 556 g/mol. The zero-order valence-electron chi connectivity index (χ0n) is 23.9. The predicted octanol–water partition coefficient (Wildman–Crippen LogP) is 4.88. The Morgan fingerprint density at radius 3 is 2.32 bits per heavy atom.